The van der Waals surface area contributed by atoms with Crippen LogP contribution in [0.3, 0.4) is 0 Å². The van der Waals surface area contributed by atoms with Crippen LogP contribution in [0, 0.1) is 6.92 Å². The molecule has 1 amide bonds. The first kappa shape index (κ1) is 44.7. The summed E-state index contributed by atoms with van der Waals surface area (Å²) in [4.78, 5) is 13.3. The van der Waals surface area contributed by atoms with E-state index in [2.05, 4.69) is 5.32 Å². The van der Waals surface area contributed by atoms with Gasteiger partial charge in [-0.15, -0.1) is 0 Å². The molecule has 0 aliphatic carbocycles. The van der Waals surface area contributed by atoms with Crippen molar-refractivity contribution in [2.45, 2.75) is 113 Å². The predicted molar refractivity (Wildman–Crippen MR) is 231 cm³/mol. The minimum absolute atomic E-state index is 0.0240. The van der Waals surface area contributed by atoms with E-state index in [1.165, 1.54) is 0 Å². The third-order valence-corrected chi connectivity index (χ3v) is 12.1. The van der Waals surface area contributed by atoms with Gasteiger partial charge in [0.15, 0.2) is 9.84 Å². The minimum Gasteiger partial charge on any atom is -0.444 e. The maximum absolute atomic E-state index is 14.3. The molecule has 6 rings (SSSR count). The zero-order chi connectivity index (χ0) is 42.4. The van der Waals surface area contributed by atoms with Gasteiger partial charge in [0, 0.05) is 0 Å². The first-order valence-electron chi connectivity index (χ1n) is 20.5. The highest BCUT2D eigenvalue weighted by molar-refractivity contribution is 7.92. The van der Waals surface area contributed by atoms with Crippen LogP contribution < -0.4 is 5.32 Å². The van der Waals surface area contributed by atoms with Crippen molar-refractivity contribution >= 4 is 15.9 Å². The Labute approximate surface area is 355 Å². The average molecular weight is 836 g/mol. The van der Waals surface area contributed by atoms with E-state index in [4.69, 9.17) is 28.4 Å². The summed E-state index contributed by atoms with van der Waals surface area (Å²) in [6, 6.07) is 46.1. The first-order valence-corrected chi connectivity index (χ1v) is 22.0. The summed E-state index contributed by atoms with van der Waals surface area (Å²) < 4.78 is 68.0. The quantitative estimate of drug-likeness (QED) is 0.0869. The molecule has 0 spiro atoms. The molecule has 0 bridgehead atoms. The fourth-order valence-electron chi connectivity index (χ4n) is 7.07. The number of carbonyl (C=O) groups is 1. The number of aryl methyl sites for hydroxylation is 1. The van der Waals surface area contributed by atoms with Crippen molar-refractivity contribution in [3.05, 3.63) is 173 Å². The van der Waals surface area contributed by atoms with Crippen LogP contribution in [0.25, 0.3) is 0 Å². The Balaban J connectivity index is 1.36. The Hall–Kier alpha value is -4.88. The zero-order valence-electron chi connectivity index (χ0n) is 34.9. The lowest BCUT2D eigenvalue weighted by Gasteiger charge is -2.46. The first-order chi connectivity index (χ1) is 28.9. The van der Waals surface area contributed by atoms with Crippen LogP contribution in [0.2, 0.25) is 0 Å². The van der Waals surface area contributed by atoms with Gasteiger partial charge in [0.25, 0.3) is 0 Å². The van der Waals surface area contributed by atoms with Gasteiger partial charge in [-0.25, -0.2) is 13.2 Å². The third-order valence-electron chi connectivity index (χ3n) is 10.1. The monoisotopic (exact) mass is 835 g/mol. The summed E-state index contributed by atoms with van der Waals surface area (Å²) in [5.41, 5.74) is 3.95. The second-order valence-electron chi connectivity index (χ2n) is 16.1. The van der Waals surface area contributed by atoms with Crippen LogP contribution in [-0.4, -0.2) is 62.6 Å². The molecule has 0 radical (unpaired) electrons. The molecule has 1 unspecified atom stereocenters. The minimum atomic E-state index is -4.10. The summed E-state index contributed by atoms with van der Waals surface area (Å²) in [6.07, 6.45) is -4.14. The Bertz CT molecular complexity index is 2130. The number of nitrogens with one attached hydrogen (secondary N) is 1. The SMILES string of the molecule is Cc1ccc(S(=O)(=O)C(CC[C@H]2O[C@H](COCc3ccccc3)[C@@H](OCc3ccccc3)[C@H](OCc3ccccc3)[C@H]2OCc2ccccc2)NC(=O)OC(C)(C)C)cc1. The molecular formula is C49H57NO9S. The molecular weight excluding hydrogens is 779 g/mol. The second-order valence-corrected chi connectivity index (χ2v) is 18.2. The zero-order valence-corrected chi connectivity index (χ0v) is 35.7. The molecule has 318 valence electrons. The van der Waals surface area contributed by atoms with E-state index in [-0.39, 0.29) is 44.2 Å². The summed E-state index contributed by atoms with van der Waals surface area (Å²) in [5.74, 6) is 0. The van der Waals surface area contributed by atoms with Crippen LogP contribution in [0.1, 0.15) is 61.4 Å². The van der Waals surface area contributed by atoms with Crippen molar-refractivity contribution in [2.75, 3.05) is 6.61 Å². The van der Waals surface area contributed by atoms with E-state index in [1.54, 1.807) is 45.0 Å². The van der Waals surface area contributed by atoms with Crippen molar-refractivity contribution in [1.82, 2.24) is 5.32 Å². The van der Waals surface area contributed by atoms with E-state index in [0.717, 1.165) is 27.8 Å². The van der Waals surface area contributed by atoms with E-state index >= 15 is 0 Å². The normalized spacial score (nSPS) is 20.0. The van der Waals surface area contributed by atoms with Gasteiger partial charge in [-0.2, -0.15) is 0 Å². The lowest BCUT2D eigenvalue weighted by Crippen LogP contribution is -2.61. The molecule has 1 aliphatic rings. The number of sulfone groups is 1. The van der Waals surface area contributed by atoms with E-state index in [1.807, 2.05) is 128 Å². The third kappa shape index (κ3) is 13.3. The van der Waals surface area contributed by atoms with Crippen molar-refractivity contribution in [2.24, 2.45) is 0 Å². The Morgan fingerprint density at radius 3 is 1.52 bits per heavy atom. The van der Waals surface area contributed by atoms with Gasteiger partial charge in [-0.3, -0.25) is 0 Å². The molecule has 5 aromatic carbocycles. The van der Waals surface area contributed by atoms with Gasteiger partial charge in [0.1, 0.15) is 35.4 Å². The number of hydrogen-bond acceptors (Lipinski definition) is 9. The molecule has 1 N–H and O–H groups in total. The Morgan fingerprint density at radius 2 is 1.05 bits per heavy atom. The predicted octanol–water partition coefficient (Wildman–Crippen LogP) is 9.14. The van der Waals surface area contributed by atoms with Crippen LogP contribution in [0.5, 0.6) is 0 Å². The fraction of sp³-hybridized carbons (Fsp3) is 0.367. The molecule has 1 aliphatic heterocycles. The average Bonchev–Trinajstić information content (AvgIpc) is 3.24. The summed E-state index contributed by atoms with van der Waals surface area (Å²) in [5, 5.41) is 1.33. The lowest BCUT2D eigenvalue weighted by molar-refractivity contribution is -0.273. The highest BCUT2D eigenvalue weighted by Gasteiger charge is 2.49. The van der Waals surface area contributed by atoms with Crippen LogP contribution >= 0.6 is 0 Å². The maximum Gasteiger partial charge on any atom is 0.408 e. The van der Waals surface area contributed by atoms with Crippen molar-refractivity contribution in [3.8, 4) is 0 Å². The maximum atomic E-state index is 14.3. The number of benzene rings is 5. The van der Waals surface area contributed by atoms with E-state index in [0.29, 0.717) is 6.61 Å². The molecule has 6 atom stereocenters. The summed E-state index contributed by atoms with van der Waals surface area (Å²) >= 11 is 0. The smallest absolute Gasteiger partial charge is 0.408 e. The van der Waals surface area contributed by atoms with Gasteiger partial charge in [0.2, 0.25) is 0 Å². The van der Waals surface area contributed by atoms with E-state index in [9.17, 15) is 13.2 Å². The van der Waals surface area contributed by atoms with Gasteiger partial charge in [0.05, 0.1) is 44.0 Å². The number of carbonyl (C=O) groups excluding carboxylic acids is 1. The largest absolute Gasteiger partial charge is 0.444 e. The number of hydrogen-bond donors (Lipinski definition) is 1. The van der Waals surface area contributed by atoms with Gasteiger partial charge < -0.3 is 33.7 Å². The van der Waals surface area contributed by atoms with Crippen LogP contribution in [-0.2, 0) is 64.7 Å². The lowest BCUT2D eigenvalue weighted by atomic mass is 9.91. The molecule has 1 fully saturated rings. The molecule has 60 heavy (non-hydrogen) atoms. The highest BCUT2D eigenvalue weighted by atomic mass is 32.2. The van der Waals surface area contributed by atoms with Crippen molar-refractivity contribution in [3.63, 3.8) is 0 Å². The van der Waals surface area contributed by atoms with Crippen LogP contribution in [0.15, 0.2) is 150 Å². The number of alkyl carbamates (subject to hydrolysis) is 1. The van der Waals surface area contributed by atoms with Gasteiger partial charge in [-0.1, -0.05) is 139 Å². The second kappa shape index (κ2) is 21.6. The van der Waals surface area contributed by atoms with Crippen LogP contribution in [0.4, 0.5) is 4.79 Å². The molecule has 10 nitrogen and oxygen atoms in total. The molecule has 0 aromatic heterocycles. The number of amides is 1. The molecule has 1 heterocycles. The molecule has 0 saturated carbocycles. The van der Waals surface area contributed by atoms with Gasteiger partial charge >= 0.3 is 6.09 Å². The molecule has 5 aromatic rings. The summed E-state index contributed by atoms with van der Waals surface area (Å²) in [6.45, 7) is 8.35. The van der Waals surface area contributed by atoms with E-state index < -0.39 is 57.4 Å². The number of rotatable bonds is 19. The molecule has 1 saturated heterocycles. The fourth-order valence-corrected chi connectivity index (χ4v) is 8.61. The standard InChI is InChI=1S/C49H57NO9S/c1-36-25-27-41(28-26-36)60(52,53)44(50-48(51)59-49(2,3)4)30-29-42-45(55-32-38-19-11-6-12-20-38)47(57-34-40-23-15-8-16-24-40)46(56-33-39-21-13-7-14-22-39)43(58-42)35-54-31-37-17-9-5-10-18-37/h5-28,42-47H,29-35H2,1-4H3,(H,50,51)/t42-,43-,44?,45+,46-,47-/m1/s1. The summed E-state index contributed by atoms with van der Waals surface area (Å²) in [7, 11) is -4.10. The highest BCUT2D eigenvalue weighted by Crippen LogP contribution is 2.34. The number of ether oxygens (including phenoxy) is 6. The topological polar surface area (TPSA) is 119 Å². The Morgan fingerprint density at radius 1 is 0.617 bits per heavy atom. The van der Waals surface area contributed by atoms with Gasteiger partial charge in [-0.05, 0) is 74.9 Å². The Kier molecular flexibility index (Phi) is 16.1. The van der Waals surface area contributed by atoms with Crippen molar-refractivity contribution in [1.29, 1.82) is 0 Å². The molecule has 11 heteroatoms. The van der Waals surface area contributed by atoms with Crippen molar-refractivity contribution < 1.29 is 41.6 Å².